The minimum Gasteiger partial charge on any atom is -0.389 e. The van der Waals surface area contributed by atoms with E-state index in [1.54, 1.807) is 16.9 Å². The first kappa shape index (κ1) is 16.0. The lowest BCUT2D eigenvalue weighted by Gasteiger charge is -2.21. The quantitative estimate of drug-likeness (QED) is 0.882. The first-order valence-electron chi connectivity index (χ1n) is 7.83. The van der Waals surface area contributed by atoms with Gasteiger partial charge in [-0.1, -0.05) is 36.6 Å². The van der Waals surface area contributed by atoms with Crippen LogP contribution in [0.4, 0.5) is 5.82 Å². The molecule has 6 heteroatoms. The molecule has 0 saturated heterocycles. The Balaban J connectivity index is 1.63. The molecule has 23 heavy (non-hydrogen) atoms. The number of anilines is 1. The van der Waals surface area contributed by atoms with Crippen LogP contribution >= 0.6 is 11.6 Å². The maximum Gasteiger partial charge on any atom is 0.228 e. The van der Waals surface area contributed by atoms with Gasteiger partial charge in [0.2, 0.25) is 5.91 Å². The van der Waals surface area contributed by atoms with Crippen molar-refractivity contribution in [3.8, 4) is 0 Å². The molecular weight excluding hydrogens is 314 g/mol. The largest absolute Gasteiger partial charge is 0.389 e. The summed E-state index contributed by atoms with van der Waals surface area (Å²) in [6.07, 6.45) is 5.15. The molecule has 122 valence electrons. The predicted octanol–water partition coefficient (Wildman–Crippen LogP) is 3.22. The van der Waals surface area contributed by atoms with E-state index in [0.29, 0.717) is 30.2 Å². The van der Waals surface area contributed by atoms with Crippen LogP contribution in [-0.4, -0.2) is 26.4 Å². The van der Waals surface area contributed by atoms with Crippen molar-refractivity contribution in [3.63, 3.8) is 0 Å². The van der Waals surface area contributed by atoms with Crippen LogP contribution in [0.1, 0.15) is 37.7 Å². The van der Waals surface area contributed by atoms with Gasteiger partial charge in [-0.05, 0) is 30.5 Å². The van der Waals surface area contributed by atoms with E-state index in [2.05, 4.69) is 10.4 Å². The molecule has 0 atom stereocenters. The molecule has 1 amide bonds. The molecule has 2 aromatic rings. The van der Waals surface area contributed by atoms with Crippen molar-refractivity contribution in [1.29, 1.82) is 0 Å². The Kier molecular flexibility index (Phi) is 4.68. The van der Waals surface area contributed by atoms with E-state index in [9.17, 15) is 9.90 Å². The smallest absolute Gasteiger partial charge is 0.228 e. The number of aliphatic hydroxyl groups is 1. The number of halogens is 1. The number of carbonyl (C=O) groups excluding carboxylic acids is 1. The van der Waals surface area contributed by atoms with Crippen LogP contribution in [0.2, 0.25) is 5.02 Å². The minimum absolute atomic E-state index is 0.138. The number of rotatable bonds is 5. The summed E-state index contributed by atoms with van der Waals surface area (Å²) in [5.74, 6) is 0.457. The molecule has 1 aromatic heterocycles. The number of nitrogens with one attached hydrogen (secondary N) is 1. The van der Waals surface area contributed by atoms with Crippen molar-refractivity contribution in [3.05, 3.63) is 47.1 Å². The van der Waals surface area contributed by atoms with Gasteiger partial charge in [-0.15, -0.1) is 0 Å². The molecule has 3 rings (SSSR count). The third kappa shape index (κ3) is 4.12. The van der Waals surface area contributed by atoms with Gasteiger partial charge >= 0.3 is 0 Å². The molecule has 1 aromatic carbocycles. The van der Waals surface area contributed by atoms with Gasteiger partial charge in [0.15, 0.2) is 0 Å². The average molecular weight is 334 g/mol. The van der Waals surface area contributed by atoms with E-state index in [1.807, 2.05) is 24.3 Å². The van der Waals surface area contributed by atoms with Crippen molar-refractivity contribution in [2.45, 2.75) is 44.2 Å². The highest BCUT2D eigenvalue weighted by molar-refractivity contribution is 6.30. The van der Waals surface area contributed by atoms with Crippen LogP contribution in [-0.2, 0) is 11.3 Å². The Morgan fingerprint density at radius 2 is 1.96 bits per heavy atom. The zero-order valence-electron chi connectivity index (χ0n) is 12.8. The van der Waals surface area contributed by atoms with E-state index in [1.165, 1.54) is 0 Å². The fraction of sp³-hybridized carbons (Fsp3) is 0.412. The zero-order chi connectivity index (χ0) is 16.3. The maximum atomic E-state index is 12.2. The van der Waals surface area contributed by atoms with Crippen molar-refractivity contribution < 1.29 is 9.90 Å². The minimum atomic E-state index is -0.842. The number of aromatic nitrogens is 2. The molecule has 1 aliphatic rings. The lowest BCUT2D eigenvalue weighted by atomic mass is 9.98. The Hall–Kier alpha value is -1.85. The molecule has 0 unspecified atom stereocenters. The average Bonchev–Trinajstić information content (AvgIpc) is 3.11. The third-order valence-corrected chi connectivity index (χ3v) is 4.51. The van der Waals surface area contributed by atoms with Gasteiger partial charge in [0, 0.05) is 11.1 Å². The molecule has 0 bridgehead atoms. The molecule has 2 N–H and O–H groups in total. The maximum absolute atomic E-state index is 12.2. The number of amides is 1. The summed E-state index contributed by atoms with van der Waals surface area (Å²) in [5.41, 5.74) is 0.202. The van der Waals surface area contributed by atoms with Gasteiger partial charge < -0.3 is 10.4 Å². The fourth-order valence-corrected chi connectivity index (χ4v) is 3.15. The Bertz CT molecular complexity index is 675. The monoisotopic (exact) mass is 333 g/mol. The number of hydrogen-bond acceptors (Lipinski definition) is 3. The predicted molar refractivity (Wildman–Crippen MR) is 89.4 cm³/mol. The highest BCUT2D eigenvalue weighted by atomic mass is 35.5. The summed E-state index contributed by atoms with van der Waals surface area (Å²) in [4.78, 5) is 12.2. The number of hydrogen-bond donors (Lipinski definition) is 2. The van der Waals surface area contributed by atoms with Crippen molar-refractivity contribution in [2.24, 2.45) is 0 Å². The molecule has 1 aliphatic carbocycles. The zero-order valence-corrected chi connectivity index (χ0v) is 13.6. The second kappa shape index (κ2) is 6.72. The van der Waals surface area contributed by atoms with E-state index in [4.69, 9.17) is 11.6 Å². The molecule has 0 radical (unpaired) electrons. The Labute approximate surface area is 140 Å². The van der Waals surface area contributed by atoms with Gasteiger partial charge in [-0.2, -0.15) is 5.10 Å². The summed E-state index contributed by atoms with van der Waals surface area (Å²) in [5, 5.41) is 18.1. The van der Waals surface area contributed by atoms with Crippen LogP contribution in [0.15, 0.2) is 36.5 Å². The molecule has 1 fully saturated rings. The van der Waals surface area contributed by atoms with E-state index < -0.39 is 5.60 Å². The second-order valence-electron chi connectivity index (χ2n) is 6.16. The van der Waals surface area contributed by atoms with Gasteiger partial charge in [0.1, 0.15) is 5.82 Å². The fourth-order valence-electron chi connectivity index (χ4n) is 3.02. The second-order valence-corrected chi connectivity index (χ2v) is 6.59. The van der Waals surface area contributed by atoms with Crippen molar-refractivity contribution in [2.75, 3.05) is 5.32 Å². The number of nitrogens with zero attached hydrogens (tertiary/aromatic N) is 2. The summed E-state index contributed by atoms with van der Waals surface area (Å²) in [6, 6.07) is 9.27. The first-order chi connectivity index (χ1) is 11.0. The van der Waals surface area contributed by atoms with Gasteiger partial charge in [-0.25, -0.2) is 4.68 Å². The van der Waals surface area contributed by atoms with E-state index in [0.717, 1.165) is 18.4 Å². The molecule has 5 nitrogen and oxygen atoms in total. The topological polar surface area (TPSA) is 67.2 Å². The van der Waals surface area contributed by atoms with Crippen LogP contribution in [0, 0.1) is 0 Å². The van der Waals surface area contributed by atoms with E-state index >= 15 is 0 Å². The lowest BCUT2D eigenvalue weighted by molar-refractivity contribution is -0.120. The molecular formula is C17H20ClN3O2. The normalized spacial score (nSPS) is 16.4. The van der Waals surface area contributed by atoms with Gasteiger partial charge in [-0.3, -0.25) is 4.79 Å². The van der Waals surface area contributed by atoms with E-state index in [-0.39, 0.29) is 12.3 Å². The van der Waals surface area contributed by atoms with Gasteiger partial charge in [0.25, 0.3) is 0 Å². The highest BCUT2D eigenvalue weighted by Crippen LogP contribution is 2.32. The summed E-state index contributed by atoms with van der Waals surface area (Å²) >= 11 is 5.88. The summed E-state index contributed by atoms with van der Waals surface area (Å²) < 4.78 is 1.72. The summed E-state index contributed by atoms with van der Waals surface area (Å²) in [7, 11) is 0. The van der Waals surface area contributed by atoms with Gasteiger partial charge in [0.05, 0.1) is 24.8 Å². The van der Waals surface area contributed by atoms with Crippen LogP contribution in [0.3, 0.4) is 0 Å². The first-order valence-corrected chi connectivity index (χ1v) is 8.20. The number of benzene rings is 1. The van der Waals surface area contributed by atoms with Crippen LogP contribution in [0.25, 0.3) is 0 Å². The standard InChI is InChI=1S/C17H20ClN3O2/c18-14-5-3-13(4-6-14)12-21-15(7-10-19-21)20-16(22)11-17(23)8-1-2-9-17/h3-7,10,23H,1-2,8-9,11-12H2,(H,20,22). The molecule has 0 aliphatic heterocycles. The third-order valence-electron chi connectivity index (χ3n) is 4.25. The number of carbonyl (C=O) groups is 1. The van der Waals surface area contributed by atoms with Crippen LogP contribution in [0.5, 0.6) is 0 Å². The molecule has 1 saturated carbocycles. The highest BCUT2D eigenvalue weighted by Gasteiger charge is 2.33. The SMILES string of the molecule is O=C(CC1(O)CCCC1)Nc1ccnn1Cc1ccc(Cl)cc1. The Morgan fingerprint density at radius 1 is 1.26 bits per heavy atom. The lowest BCUT2D eigenvalue weighted by Crippen LogP contribution is -2.31. The summed E-state index contributed by atoms with van der Waals surface area (Å²) in [6.45, 7) is 0.546. The Morgan fingerprint density at radius 3 is 2.65 bits per heavy atom. The van der Waals surface area contributed by atoms with Crippen molar-refractivity contribution >= 4 is 23.3 Å². The molecule has 1 heterocycles. The van der Waals surface area contributed by atoms with Crippen LogP contribution < -0.4 is 5.32 Å². The van der Waals surface area contributed by atoms with Crippen molar-refractivity contribution in [1.82, 2.24) is 9.78 Å². The molecule has 0 spiro atoms.